The molecule has 0 N–H and O–H groups in total. The highest BCUT2D eigenvalue weighted by atomic mass is 16.6. The van der Waals surface area contributed by atoms with Crippen molar-refractivity contribution in [3.05, 3.63) is 11.6 Å². The molecule has 0 radical (unpaired) electrons. The van der Waals surface area contributed by atoms with Crippen LogP contribution in [0.15, 0.2) is 11.6 Å². The van der Waals surface area contributed by atoms with E-state index < -0.39 is 0 Å². The van der Waals surface area contributed by atoms with E-state index in [9.17, 15) is 4.79 Å². The van der Waals surface area contributed by atoms with Gasteiger partial charge >= 0.3 is 5.97 Å². The van der Waals surface area contributed by atoms with Crippen LogP contribution in [-0.4, -0.2) is 64.9 Å². The van der Waals surface area contributed by atoms with Gasteiger partial charge in [-0.25, -0.2) is 4.79 Å². The summed E-state index contributed by atoms with van der Waals surface area (Å²) in [5, 5.41) is 0. The molecule has 2 saturated carbocycles. The van der Waals surface area contributed by atoms with Gasteiger partial charge in [0.1, 0.15) is 12.7 Å². The molecule has 2 aliphatic heterocycles. The van der Waals surface area contributed by atoms with Crippen molar-refractivity contribution in [3.63, 3.8) is 0 Å². The molecule has 6 nitrogen and oxygen atoms in total. The van der Waals surface area contributed by atoms with Crippen LogP contribution >= 0.6 is 0 Å². The van der Waals surface area contributed by atoms with E-state index in [1.54, 1.807) is 14.2 Å². The number of carbonyl (C=O) groups is 1. The fourth-order valence-corrected chi connectivity index (χ4v) is 7.09. The van der Waals surface area contributed by atoms with Crippen LogP contribution in [0.5, 0.6) is 0 Å². The maximum atomic E-state index is 12.2. The second-order valence-corrected chi connectivity index (χ2v) is 9.92. The average molecular weight is 409 g/mol. The molecule has 4 fully saturated rings. The molecule has 164 valence electrons. The van der Waals surface area contributed by atoms with Gasteiger partial charge in [0.2, 0.25) is 0 Å². The Hall–Kier alpha value is -0.950. The van der Waals surface area contributed by atoms with Crippen molar-refractivity contribution in [1.29, 1.82) is 0 Å². The summed E-state index contributed by atoms with van der Waals surface area (Å²) in [6, 6.07) is 0. The third-order valence-corrected chi connectivity index (χ3v) is 8.62. The van der Waals surface area contributed by atoms with Gasteiger partial charge in [-0.2, -0.15) is 0 Å². The van der Waals surface area contributed by atoms with Crippen LogP contribution in [0.3, 0.4) is 0 Å². The SMILES string of the molecule is COC[C@]1(C)C(OC)CC[C@]2(C)C(C/C=C3/C(=O)OCC3OC)C3(CCC12)CO3. The topological polar surface area (TPSA) is 66.5 Å². The Morgan fingerprint density at radius 1 is 1.14 bits per heavy atom. The van der Waals surface area contributed by atoms with E-state index in [0.29, 0.717) is 30.6 Å². The Bertz CT molecular complexity index is 670. The summed E-state index contributed by atoms with van der Waals surface area (Å²) in [7, 11) is 5.25. The lowest BCUT2D eigenvalue weighted by atomic mass is 9.45. The zero-order valence-electron chi connectivity index (χ0n) is 18.5. The highest BCUT2D eigenvalue weighted by molar-refractivity contribution is 5.91. The van der Waals surface area contributed by atoms with E-state index in [-0.39, 0.29) is 34.6 Å². The average Bonchev–Trinajstić information content (AvgIpc) is 3.36. The summed E-state index contributed by atoms with van der Waals surface area (Å²) in [6.45, 7) is 6.61. The number of hydrogen-bond donors (Lipinski definition) is 0. The van der Waals surface area contributed by atoms with Gasteiger partial charge in [0, 0.05) is 26.7 Å². The number of ether oxygens (including phenoxy) is 5. The number of hydrogen-bond acceptors (Lipinski definition) is 6. The lowest BCUT2D eigenvalue weighted by Gasteiger charge is -2.61. The summed E-state index contributed by atoms with van der Waals surface area (Å²) < 4.78 is 28.4. The summed E-state index contributed by atoms with van der Waals surface area (Å²) >= 11 is 0. The maximum Gasteiger partial charge on any atom is 0.336 e. The second kappa shape index (κ2) is 7.63. The molecule has 29 heavy (non-hydrogen) atoms. The molecule has 6 heteroatoms. The third-order valence-electron chi connectivity index (χ3n) is 8.62. The van der Waals surface area contributed by atoms with Crippen LogP contribution in [-0.2, 0) is 28.5 Å². The first-order valence-corrected chi connectivity index (χ1v) is 10.9. The second-order valence-electron chi connectivity index (χ2n) is 9.92. The molecular formula is C23H36O6. The van der Waals surface area contributed by atoms with Gasteiger partial charge in [-0.15, -0.1) is 0 Å². The zero-order valence-corrected chi connectivity index (χ0v) is 18.5. The highest BCUT2D eigenvalue weighted by Crippen LogP contribution is 2.66. The fraction of sp³-hybridized carbons (Fsp3) is 0.870. The van der Waals surface area contributed by atoms with Crippen molar-refractivity contribution >= 4 is 5.97 Å². The summed E-state index contributed by atoms with van der Waals surface area (Å²) in [5.74, 6) is 0.606. The van der Waals surface area contributed by atoms with Gasteiger partial charge in [0.15, 0.2) is 0 Å². The predicted molar refractivity (Wildman–Crippen MR) is 107 cm³/mol. The Morgan fingerprint density at radius 2 is 1.90 bits per heavy atom. The van der Waals surface area contributed by atoms with Crippen LogP contribution in [0.1, 0.15) is 46.0 Å². The Kier molecular flexibility index (Phi) is 5.60. The maximum absolute atomic E-state index is 12.2. The minimum atomic E-state index is -0.256. The first kappa shape index (κ1) is 21.3. The molecule has 4 rings (SSSR count). The van der Waals surface area contributed by atoms with E-state index in [1.165, 1.54) is 0 Å². The number of epoxide rings is 1. The summed E-state index contributed by atoms with van der Waals surface area (Å²) in [5.41, 5.74) is 0.708. The number of cyclic esters (lactones) is 1. The standard InChI is InChI=1S/C23H36O6/c1-21-10-9-19(27-5)22(2,13-25-3)17(21)8-11-23(14-29-23)18(21)7-6-15-16(26-4)12-28-20(15)24/h6,16-19H,7-14H2,1-5H3/b15-6+/t16?,17?,18?,19?,21-,22-,23?/m0/s1. The van der Waals surface area contributed by atoms with Gasteiger partial charge in [-0.1, -0.05) is 19.9 Å². The molecule has 0 amide bonds. The van der Waals surface area contributed by atoms with Crippen LogP contribution in [0.4, 0.5) is 0 Å². The van der Waals surface area contributed by atoms with Crippen LogP contribution < -0.4 is 0 Å². The van der Waals surface area contributed by atoms with Gasteiger partial charge in [-0.05, 0) is 49.4 Å². The third kappa shape index (κ3) is 3.27. The normalized spacial score (nSPS) is 48.0. The van der Waals surface area contributed by atoms with Crippen molar-refractivity contribution in [2.75, 3.05) is 41.2 Å². The zero-order chi connectivity index (χ0) is 20.9. The van der Waals surface area contributed by atoms with Crippen molar-refractivity contribution in [3.8, 4) is 0 Å². The van der Waals surface area contributed by atoms with Crippen LogP contribution in [0, 0.1) is 22.7 Å². The molecule has 0 aromatic heterocycles. The van der Waals surface area contributed by atoms with Crippen molar-refractivity contribution < 1.29 is 28.5 Å². The predicted octanol–water partition coefficient (Wildman–Crippen LogP) is 3.14. The first-order valence-electron chi connectivity index (χ1n) is 10.9. The molecule has 0 aromatic rings. The molecular weight excluding hydrogens is 372 g/mol. The first-order chi connectivity index (χ1) is 13.8. The fourth-order valence-electron chi connectivity index (χ4n) is 7.09. The molecule has 2 heterocycles. The molecule has 2 aliphatic carbocycles. The molecule has 0 aromatic carbocycles. The molecule has 7 atom stereocenters. The quantitative estimate of drug-likeness (QED) is 0.382. The summed E-state index contributed by atoms with van der Waals surface area (Å²) in [4.78, 5) is 12.2. The number of fused-ring (bicyclic) bond motifs is 1. The monoisotopic (exact) mass is 408 g/mol. The van der Waals surface area contributed by atoms with E-state index >= 15 is 0 Å². The van der Waals surface area contributed by atoms with Gasteiger partial charge in [0.25, 0.3) is 0 Å². The number of allylic oxidation sites excluding steroid dienone is 1. The molecule has 0 bridgehead atoms. The van der Waals surface area contributed by atoms with Crippen LogP contribution in [0.25, 0.3) is 0 Å². The van der Waals surface area contributed by atoms with E-state index in [2.05, 4.69) is 19.9 Å². The minimum Gasteiger partial charge on any atom is -0.459 e. The molecule has 4 aliphatic rings. The number of esters is 1. The largest absolute Gasteiger partial charge is 0.459 e. The van der Waals surface area contributed by atoms with Gasteiger partial charge in [-0.3, -0.25) is 0 Å². The number of carbonyl (C=O) groups excluding carboxylic acids is 1. The van der Waals surface area contributed by atoms with Gasteiger partial charge < -0.3 is 23.7 Å². The van der Waals surface area contributed by atoms with E-state index in [0.717, 1.165) is 38.7 Å². The smallest absolute Gasteiger partial charge is 0.336 e. The Balaban J connectivity index is 1.65. The van der Waals surface area contributed by atoms with Crippen LogP contribution in [0.2, 0.25) is 0 Å². The van der Waals surface area contributed by atoms with E-state index in [4.69, 9.17) is 23.7 Å². The van der Waals surface area contributed by atoms with E-state index in [1.807, 2.05) is 7.11 Å². The Morgan fingerprint density at radius 3 is 2.52 bits per heavy atom. The highest BCUT2D eigenvalue weighted by Gasteiger charge is 2.67. The number of rotatable bonds is 6. The lowest BCUT2D eigenvalue weighted by Crippen LogP contribution is -2.60. The van der Waals surface area contributed by atoms with Gasteiger partial charge in [0.05, 0.1) is 30.5 Å². The summed E-state index contributed by atoms with van der Waals surface area (Å²) in [6.07, 6.45) is 7.16. The minimum absolute atomic E-state index is 0.0280. The Labute approximate surface area is 174 Å². The number of methoxy groups -OCH3 is 3. The van der Waals surface area contributed by atoms with Crippen molar-refractivity contribution in [2.24, 2.45) is 22.7 Å². The molecule has 2 saturated heterocycles. The van der Waals surface area contributed by atoms with Crippen molar-refractivity contribution in [1.82, 2.24) is 0 Å². The molecule has 5 unspecified atom stereocenters. The lowest BCUT2D eigenvalue weighted by molar-refractivity contribution is -0.186. The van der Waals surface area contributed by atoms with Crippen molar-refractivity contribution in [2.45, 2.75) is 63.8 Å². The molecule has 1 spiro atoms.